The predicted octanol–water partition coefficient (Wildman–Crippen LogP) is 0.239. The molecule has 3 heterocycles. The van der Waals surface area contributed by atoms with Gasteiger partial charge in [-0.1, -0.05) is 12.1 Å². The van der Waals surface area contributed by atoms with E-state index >= 15 is 0 Å². The van der Waals surface area contributed by atoms with Gasteiger partial charge in [0.05, 0.1) is 12.1 Å². The number of piperazine rings is 1. The number of piperidine rings is 1. The van der Waals surface area contributed by atoms with Crippen LogP contribution in [-0.2, 0) is 22.7 Å². The summed E-state index contributed by atoms with van der Waals surface area (Å²) < 4.78 is 27.9. The van der Waals surface area contributed by atoms with Crippen LogP contribution in [0.5, 0.6) is 0 Å². The van der Waals surface area contributed by atoms with Crippen LogP contribution < -0.4 is 10.6 Å². The first-order valence-electron chi connectivity index (χ1n) is 9.48. The highest BCUT2D eigenvalue weighted by Gasteiger charge is 2.71. The Morgan fingerprint density at radius 1 is 1.21 bits per heavy atom. The maximum Gasteiger partial charge on any atom is 0.281 e. The monoisotopic (exact) mass is 390 g/mol. The minimum atomic E-state index is -2.72. The third kappa shape index (κ3) is 2.56. The van der Waals surface area contributed by atoms with Crippen molar-refractivity contribution in [3.8, 4) is 0 Å². The summed E-state index contributed by atoms with van der Waals surface area (Å²) in [6.45, 7) is 1.63. The number of nitrogens with one attached hydrogen (secondary N) is 2. The molecule has 3 atom stereocenters. The fourth-order valence-electron chi connectivity index (χ4n) is 4.71. The van der Waals surface area contributed by atoms with E-state index in [4.69, 9.17) is 0 Å². The second kappa shape index (κ2) is 6.05. The summed E-state index contributed by atoms with van der Waals surface area (Å²) >= 11 is 0. The van der Waals surface area contributed by atoms with Crippen molar-refractivity contribution in [2.45, 2.75) is 50.0 Å². The minimum absolute atomic E-state index is 0.197. The van der Waals surface area contributed by atoms with E-state index in [9.17, 15) is 23.2 Å². The van der Waals surface area contributed by atoms with E-state index in [2.05, 4.69) is 10.6 Å². The van der Waals surface area contributed by atoms with Gasteiger partial charge in [0, 0.05) is 38.2 Å². The van der Waals surface area contributed by atoms with Gasteiger partial charge < -0.3 is 10.2 Å². The molecule has 28 heavy (non-hydrogen) atoms. The van der Waals surface area contributed by atoms with Crippen LogP contribution in [-0.4, -0.2) is 64.7 Å². The normalized spacial score (nSPS) is 31.4. The number of nitrogens with zero attached hydrogens (tertiary/aromatic N) is 2. The van der Waals surface area contributed by atoms with Crippen molar-refractivity contribution in [1.82, 2.24) is 20.4 Å². The molecule has 3 amide bonds. The first-order valence-corrected chi connectivity index (χ1v) is 9.48. The van der Waals surface area contributed by atoms with Crippen molar-refractivity contribution >= 4 is 17.7 Å². The van der Waals surface area contributed by atoms with Crippen LogP contribution in [0.4, 0.5) is 8.78 Å². The SMILES string of the molecule is O=C1CCC(N2Cc3c(CN4CCNC5C4C5(F)F)cccc3C2=O)C(=O)N1. The van der Waals surface area contributed by atoms with E-state index in [-0.39, 0.29) is 24.8 Å². The molecule has 2 N–H and O–H groups in total. The topological polar surface area (TPSA) is 81.8 Å². The average Bonchev–Trinajstić information content (AvgIpc) is 3.06. The third-order valence-corrected chi connectivity index (χ3v) is 6.22. The summed E-state index contributed by atoms with van der Waals surface area (Å²) in [5, 5.41) is 5.14. The third-order valence-electron chi connectivity index (χ3n) is 6.22. The molecule has 3 unspecified atom stereocenters. The molecule has 1 aromatic rings. The molecule has 148 valence electrons. The van der Waals surface area contributed by atoms with Gasteiger partial charge in [-0.05, 0) is 23.6 Å². The number of imide groups is 1. The minimum Gasteiger partial charge on any atom is -0.322 e. The van der Waals surface area contributed by atoms with Crippen molar-refractivity contribution < 1.29 is 23.2 Å². The molecular formula is C19H20F2N4O3. The molecular weight excluding hydrogens is 370 g/mol. The first kappa shape index (κ1) is 17.7. The van der Waals surface area contributed by atoms with Crippen molar-refractivity contribution in [3.05, 3.63) is 34.9 Å². The summed E-state index contributed by atoms with van der Waals surface area (Å²) in [5.41, 5.74) is 2.14. The molecule has 0 spiro atoms. The van der Waals surface area contributed by atoms with Gasteiger partial charge in [-0.25, -0.2) is 8.78 Å². The number of fused-ring (bicyclic) bond motifs is 2. The van der Waals surface area contributed by atoms with Crippen molar-refractivity contribution in [2.75, 3.05) is 13.1 Å². The highest BCUT2D eigenvalue weighted by Crippen LogP contribution is 2.48. The fourth-order valence-corrected chi connectivity index (χ4v) is 4.71. The molecule has 3 aliphatic heterocycles. The number of carbonyl (C=O) groups excluding carboxylic acids is 3. The van der Waals surface area contributed by atoms with Crippen LogP contribution in [0.2, 0.25) is 0 Å². The second-order valence-corrected chi connectivity index (χ2v) is 7.86. The number of carbonyl (C=O) groups is 3. The summed E-state index contributed by atoms with van der Waals surface area (Å²) in [4.78, 5) is 39.7. The predicted molar refractivity (Wildman–Crippen MR) is 93.4 cm³/mol. The van der Waals surface area contributed by atoms with Crippen LogP contribution in [0.15, 0.2) is 18.2 Å². The van der Waals surface area contributed by atoms with Gasteiger partial charge in [0.15, 0.2) is 0 Å². The van der Waals surface area contributed by atoms with Crippen LogP contribution in [0.1, 0.15) is 34.3 Å². The lowest BCUT2D eigenvalue weighted by molar-refractivity contribution is -0.136. The zero-order valence-corrected chi connectivity index (χ0v) is 15.1. The van der Waals surface area contributed by atoms with Gasteiger partial charge in [-0.3, -0.25) is 24.6 Å². The van der Waals surface area contributed by atoms with Gasteiger partial charge in [0.25, 0.3) is 11.8 Å². The number of hydrogen-bond acceptors (Lipinski definition) is 5. The molecule has 1 saturated carbocycles. The Kier molecular flexibility index (Phi) is 3.82. The molecule has 0 aromatic heterocycles. The van der Waals surface area contributed by atoms with Crippen LogP contribution >= 0.6 is 0 Å². The van der Waals surface area contributed by atoms with Gasteiger partial charge >= 0.3 is 0 Å². The number of amides is 3. The number of halogens is 2. The molecule has 2 saturated heterocycles. The van der Waals surface area contributed by atoms with Crippen LogP contribution in [0, 0.1) is 0 Å². The molecule has 0 radical (unpaired) electrons. The lowest BCUT2D eigenvalue weighted by atomic mass is 10.0. The Bertz CT molecular complexity index is 890. The lowest BCUT2D eigenvalue weighted by Gasteiger charge is -2.29. The van der Waals surface area contributed by atoms with Crippen LogP contribution in [0.3, 0.4) is 0 Å². The maximum absolute atomic E-state index is 13.9. The van der Waals surface area contributed by atoms with Crippen molar-refractivity contribution in [1.29, 1.82) is 0 Å². The Balaban J connectivity index is 1.38. The summed E-state index contributed by atoms with van der Waals surface area (Å²) in [5.74, 6) is -3.75. The average molecular weight is 390 g/mol. The molecule has 5 rings (SSSR count). The molecule has 7 nitrogen and oxygen atoms in total. The molecule has 1 aliphatic carbocycles. The van der Waals surface area contributed by atoms with E-state index < -0.39 is 30.0 Å². The molecule has 9 heteroatoms. The lowest BCUT2D eigenvalue weighted by Crippen LogP contribution is -2.52. The Hall–Kier alpha value is -2.39. The number of rotatable bonds is 3. The fraction of sp³-hybridized carbons (Fsp3) is 0.526. The summed E-state index contributed by atoms with van der Waals surface area (Å²) in [6, 6.07) is 3.05. The zero-order valence-electron chi connectivity index (χ0n) is 15.1. The number of alkyl halides is 2. The molecule has 4 aliphatic rings. The first-order chi connectivity index (χ1) is 13.4. The van der Waals surface area contributed by atoms with Crippen molar-refractivity contribution in [3.63, 3.8) is 0 Å². The number of hydrogen-bond donors (Lipinski definition) is 2. The quantitative estimate of drug-likeness (QED) is 0.723. The van der Waals surface area contributed by atoms with E-state index in [1.165, 1.54) is 4.90 Å². The largest absolute Gasteiger partial charge is 0.322 e. The van der Waals surface area contributed by atoms with Crippen molar-refractivity contribution in [2.24, 2.45) is 0 Å². The smallest absolute Gasteiger partial charge is 0.281 e. The highest BCUT2D eigenvalue weighted by molar-refractivity contribution is 6.05. The van der Waals surface area contributed by atoms with E-state index in [1.54, 1.807) is 17.0 Å². The zero-order chi connectivity index (χ0) is 19.6. The van der Waals surface area contributed by atoms with Crippen LogP contribution in [0.25, 0.3) is 0 Å². The Morgan fingerprint density at radius 3 is 2.82 bits per heavy atom. The molecule has 1 aromatic carbocycles. The van der Waals surface area contributed by atoms with Gasteiger partial charge in [0.2, 0.25) is 11.8 Å². The van der Waals surface area contributed by atoms with E-state index in [0.29, 0.717) is 31.6 Å². The molecule has 3 fully saturated rings. The summed E-state index contributed by atoms with van der Waals surface area (Å²) in [6.07, 6.45) is 0.496. The maximum atomic E-state index is 13.9. The molecule has 0 bridgehead atoms. The standard InChI is InChI=1S/C19H20F2N4O3/c20-19(21)15-16(19)24(7-6-22-15)8-10-2-1-3-11-12(10)9-25(18(11)28)13-4-5-14(26)23-17(13)27/h1-3,13,15-16,22H,4-9H2,(H,23,26,27). The van der Waals surface area contributed by atoms with E-state index in [1.807, 2.05) is 6.07 Å². The Labute approximate surface area is 160 Å². The Morgan fingerprint density at radius 2 is 2.04 bits per heavy atom. The number of benzene rings is 1. The van der Waals surface area contributed by atoms with Gasteiger partial charge in [-0.15, -0.1) is 0 Å². The highest BCUT2D eigenvalue weighted by atomic mass is 19.3. The second-order valence-electron chi connectivity index (χ2n) is 7.86. The van der Waals surface area contributed by atoms with Gasteiger partial charge in [0.1, 0.15) is 6.04 Å². The summed E-state index contributed by atoms with van der Waals surface area (Å²) in [7, 11) is 0. The van der Waals surface area contributed by atoms with E-state index in [0.717, 1.165) is 11.1 Å². The van der Waals surface area contributed by atoms with Gasteiger partial charge in [-0.2, -0.15) is 0 Å².